The van der Waals surface area contributed by atoms with Gasteiger partial charge < -0.3 is 9.73 Å². The Hall–Kier alpha value is -2.64. The third-order valence-electron chi connectivity index (χ3n) is 8.28. The van der Waals surface area contributed by atoms with E-state index in [4.69, 9.17) is 4.42 Å². The second kappa shape index (κ2) is 11.6. The lowest BCUT2D eigenvalue weighted by Crippen LogP contribution is -2.48. The molecule has 6 nitrogen and oxygen atoms in total. The molecular formula is C31H40N2O4S. The molecule has 2 aliphatic carbocycles. The largest absolute Gasteiger partial charge is 0.464 e. The molecule has 1 aromatic heterocycles. The minimum atomic E-state index is -3.61. The van der Waals surface area contributed by atoms with Crippen LogP contribution in [0, 0.1) is 0 Å². The van der Waals surface area contributed by atoms with E-state index in [0.717, 1.165) is 67.9 Å². The van der Waals surface area contributed by atoms with Gasteiger partial charge in [-0.2, -0.15) is 4.31 Å². The Morgan fingerprint density at radius 3 is 2.11 bits per heavy atom. The molecule has 2 saturated carbocycles. The van der Waals surface area contributed by atoms with Crippen LogP contribution in [-0.2, 0) is 21.2 Å². The zero-order chi connectivity index (χ0) is 26.7. The van der Waals surface area contributed by atoms with E-state index in [1.807, 2.05) is 10.4 Å². The second-order valence-electron chi connectivity index (χ2n) is 11.3. The highest BCUT2D eigenvalue weighted by Crippen LogP contribution is 2.35. The van der Waals surface area contributed by atoms with Gasteiger partial charge in [-0.3, -0.25) is 4.79 Å². The van der Waals surface area contributed by atoms with Crippen molar-refractivity contribution in [2.24, 2.45) is 0 Å². The molecular weight excluding hydrogens is 496 g/mol. The van der Waals surface area contributed by atoms with Gasteiger partial charge in [-0.15, -0.1) is 0 Å². The zero-order valence-corrected chi connectivity index (χ0v) is 23.4. The van der Waals surface area contributed by atoms with Gasteiger partial charge in [-0.25, -0.2) is 8.42 Å². The zero-order valence-electron chi connectivity index (χ0n) is 22.6. The summed E-state index contributed by atoms with van der Waals surface area (Å²) in [6.07, 6.45) is 12.4. The lowest BCUT2D eigenvalue weighted by Gasteiger charge is -2.40. The Bertz CT molecular complexity index is 1330. The molecule has 38 heavy (non-hydrogen) atoms. The molecule has 0 spiro atoms. The van der Waals surface area contributed by atoms with Crippen molar-refractivity contribution in [3.05, 3.63) is 59.9 Å². The molecule has 2 aromatic carbocycles. The lowest BCUT2D eigenvalue weighted by molar-refractivity contribution is -0.115. The van der Waals surface area contributed by atoms with E-state index >= 15 is 0 Å². The Balaban J connectivity index is 1.30. The average Bonchev–Trinajstić information content (AvgIpc) is 3.32. The topological polar surface area (TPSA) is 79.6 Å². The molecule has 0 radical (unpaired) electrons. The highest BCUT2D eigenvalue weighted by Gasteiger charge is 2.38. The monoisotopic (exact) mass is 536 g/mol. The Kier molecular flexibility index (Phi) is 8.24. The third-order valence-corrected chi connectivity index (χ3v) is 10.3. The van der Waals surface area contributed by atoms with Gasteiger partial charge in [0.1, 0.15) is 5.58 Å². The minimum Gasteiger partial charge on any atom is -0.464 e. The van der Waals surface area contributed by atoms with Gasteiger partial charge in [0.2, 0.25) is 15.9 Å². The maximum atomic E-state index is 13.9. The molecule has 1 amide bonds. The molecule has 0 atom stereocenters. The molecule has 7 heteroatoms. The highest BCUT2D eigenvalue weighted by atomic mass is 32.2. The summed E-state index contributed by atoms with van der Waals surface area (Å²) in [5.41, 5.74) is 3.40. The Morgan fingerprint density at radius 2 is 1.53 bits per heavy atom. The number of sulfonamides is 1. The van der Waals surface area contributed by atoms with Gasteiger partial charge in [0, 0.05) is 28.7 Å². The molecule has 1 N–H and O–H groups in total. The Morgan fingerprint density at radius 1 is 0.921 bits per heavy atom. The minimum absolute atomic E-state index is 0.0947. The summed E-state index contributed by atoms with van der Waals surface area (Å²) >= 11 is 0. The molecule has 0 bridgehead atoms. The van der Waals surface area contributed by atoms with Gasteiger partial charge in [0.15, 0.2) is 0 Å². The number of hydrogen-bond donors (Lipinski definition) is 1. The van der Waals surface area contributed by atoms with E-state index in [9.17, 15) is 13.2 Å². The predicted molar refractivity (Wildman–Crippen MR) is 152 cm³/mol. The van der Waals surface area contributed by atoms with E-state index in [2.05, 4.69) is 31.3 Å². The number of benzene rings is 2. The first-order valence-electron chi connectivity index (χ1n) is 14.3. The number of hydrogen-bond acceptors (Lipinski definition) is 4. The molecule has 5 rings (SSSR count). The normalized spacial score (nSPS) is 17.9. The van der Waals surface area contributed by atoms with E-state index in [0.29, 0.717) is 16.5 Å². The Labute approximate surface area is 226 Å². The maximum Gasteiger partial charge on any atom is 0.243 e. The van der Waals surface area contributed by atoms with Crippen molar-refractivity contribution in [3.8, 4) is 0 Å². The van der Waals surface area contributed by atoms with E-state index in [-0.39, 0.29) is 24.4 Å². The standard InChI is InChI=1S/C31H40N2O4S/c1-22(2)23-13-18-30-29(19-23)24(21-37-30)20-31(34)32-25-14-16-28(17-15-25)38(35,36)33(26-9-5-3-6-10-26)27-11-7-4-8-12-27/h13-19,21-22,26-27H,3-12,20H2,1-2H3,(H,32,34). The first-order valence-corrected chi connectivity index (χ1v) is 15.7. The molecule has 3 aromatic rings. The van der Waals surface area contributed by atoms with Crippen LogP contribution in [-0.4, -0.2) is 30.7 Å². The van der Waals surface area contributed by atoms with Crippen molar-refractivity contribution in [1.29, 1.82) is 0 Å². The summed E-state index contributed by atoms with van der Waals surface area (Å²) in [6, 6.07) is 13.0. The highest BCUT2D eigenvalue weighted by molar-refractivity contribution is 7.89. The van der Waals surface area contributed by atoms with Gasteiger partial charge >= 0.3 is 0 Å². The van der Waals surface area contributed by atoms with Crippen LogP contribution in [0.2, 0.25) is 0 Å². The number of fused-ring (bicyclic) bond motifs is 1. The van der Waals surface area contributed by atoms with Crippen LogP contribution in [0.5, 0.6) is 0 Å². The lowest BCUT2D eigenvalue weighted by atomic mass is 9.91. The van der Waals surface area contributed by atoms with Crippen molar-refractivity contribution >= 4 is 32.6 Å². The van der Waals surface area contributed by atoms with Crippen LogP contribution >= 0.6 is 0 Å². The SMILES string of the molecule is CC(C)c1ccc2occ(CC(=O)Nc3ccc(S(=O)(=O)N(C4CCCCC4)C4CCCCC4)cc3)c2c1. The fourth-order valence-corrected chi connectivity index (χ4v) is 8.10. The number of nitrogens with zero attached hydrogens (tertiary/aromatic N) is 1. The molecule has 2 aliphatic rings. The third kappa shape index (κ3) is 5.84. The summed E-state index contributed by atoms with van der Waals surface area (Å²) in [4.78, 5) is 13.2. The summed E-state index contributed by atoms with van der Waals surface area (Å²) in [6.45, 7) is 4.28. The molecule has 1 heterocycles. The van der Waals surface area contributed by atoms with Gasteiger partial charge in [-0.1, -0.05) is 58.4 Å². The average molecular weight is 537 g/mol. The summed E-state index contributed by atoms with van der Waals surface area (Å²) in [7, 11) is -3.61. The number of rotatable bonds is 8. The van der Waals surface area contributed by atoms with Gasteiger partial charge in [0.25, 0.3) is 0 Å². The fourth-order valence-electron chi connectivity index (χ4n) is 6.17. The van der Waals surface area contributed by atoms with E-state index in [1.54, 1.807) is 30.5 Å². The van der Waals surface area contributed by atoms with Gasteiger partial charge in [0.05, 0.1) is 17.6 Å². The van der Waals surface area contributed by atoms with Crippen LogP contribution in [0.1, 0.15) is 95.1 Å². The summed E-state index contributed by atoms with van der Waals surface area (Å²) < 4.78 is 35.3. The molecule has 0 unspecified atom stereocenters. The number of furan rings is 1. The van der Waals surface area contributed by atoms with Crippen LogP contribution in [0.15, 0.2) is 58.0 Å². The molecule has 2 fully saturated rings. The van der Waals surface area contributed by atoms with Crippen molar-refractivity contribution < 1.29 is 17.6 Å². The van der Waals surface area contributed by atoms with Crippen molar-refractivity contribution in [3.63, 3.8) is 0 Å². The van der Waals surface area contributed by atoms with E-state index < -0.39 is 10.0 Å². The van der Waals surface area contributed by atoms with E-state index in [1.165, 1.54) is 18.4 Å². The molecule has 0 aliphatic heterocycles. The predicted octanol–water partition coefficient (Wildman–Crippen LogP) is 7.39. The number of nitrogens with one attached hydrogen (secondary N) is 1. The van der Waals surface area contributed by atoms with Crippen LogP contribution in [0.4, 0.5) is 5.69 Å². The first-order chi connectivity index (χ1) is 18.3. The summed E-state index contributed by atoms with van der Waals surface area (Å²) in [5.74, 6) is 0.224. The number of amides is 1. The number of anilines is 1. The second-order valence-corrected chi connectivity index (χ2v) is 13.2. The van der Waals surface area contributed by atoms with Crippen molar-refractivity contribution in [2.45, 2.75) is 107 Å². The summed E-state index contributed by atoms with van der Waals surface area (Å²) in [5, 5.41) is 3.88. The van der Waals surface area contributed by atoms with Crippen LogP contribution in [0.3, 0.4) is 0 Å². The number of carbonyl (C=O) groups excluding carboxylic acids is 1. The number of carbonyl (C=O) groups is 1. The fraction of sp³-hybridized carbons (Fsp3) is 0.516. The smallest absolute Gasteiger partial charge is 0.243 e. The van der Waals surface area contributed by atoms with Crippen LogP contribution in [0.25, 0.3) is 11.0 Å². The molecule has 0 saturated heterocycles. The molecule has 204 valence electrons. The van der Waals surface area contributed by atoms with Crippen molar-refractivity contribution in [1.82, 2.24) is 4.31 Å². The first kappa shape index (κ1) is 26.9. The van der Waals surface area contributed by atoms with Gasteiger partial charge in [-0.05, 0) is 73.6 Å². The van der Waals surface area contributed by atoms with Crippen molar-refractivity contribution in [2.75, 3.05) is 5.32 Å². The van der Waals surface area contributed by atoms with Crippen LogP contribution < -0.4 is 5.32 Å². The maximum absolute atomic E-state index is 13.9. The quantitative estimate of drug-likeness (QED) is 0.325.